The fourth-order valence-electron chi connectivity index (χ4n) is 3.74. The van der Waals surface area contributed by atoms with E-state index in [0.717, 1.165) is 27.9 Å². The Bertz CT molecular complexity index is 1040. The van der Waals surface area contributed by atoms with Crippen molar-refractivity contribution in [1.29, 1.82) is 0 Å². The number of hydrogen-bond acceptors (Lipinski definition) is 3. The summed E-state index contributed by atoms with van der Waals surface area (Å²) < 4.78 is 11.6. The van der Waals surface area contributed by atoms with Gasteiger partial charge in [-0.15, -0.1) is 0 Å². The Balaban J connectivity index is 1.74. The molecule has 0 radical (unpaired) electrons. The SMILES string of the molecule is COc1cc(CN(CC(C)C)C(=O)Nc2c(C)cccc2C)ccc1OCc1ccccc1. The number of rotatable bonds is 9. The Morgan fingerprint density at radius 1 is 0.909 bits per heavy atom. The van der Waals surface area contributed by atoms with Crippen molar-refractivity contribution in [3.8, 4) is 11.5 Å². The first-order valence-electron chi connectivity index (χ1n) is 11.3. The highest BCUT2D eigenvalue weighted by Crippen LogP contribution is 2.30. The van der Waals surface area contributed by atoms with Crippen LogP contribution in [0.4, 0.5) is 10.5 Å². The van der Waals surface area contributed by atoms with E-state index < -0.39 is 0 Å². The van der Waals surface area contributed by atoms with Gasteiger partial charge in [0.1, 0.15) is 6.61 Å². The molecule has 0 bridgehead atoms. The monoisotopic (exact) mass is 446 g/mol. The molecule has 5 nitrogen and oxygen atoms in total. The van der Waals surface area contributed by atoms with Gasteiger partial charge >= 0.3 is 6.03 Å². The quantitative estimate of drug-likeness (QED) is 0.404. The van der Waals surface area contributed by atoms with E-state index in [9.17, 15) is 4.79 Å². The van der Waals surface area contributed by atoms with Gasteiger partial charge in [-0.25, -0.2) is 4.79 Å². The molecule has 3 aromatic carbocycles. The highest BCUT2D eigenvalue weighted by atomic mass is 16.5. The van der Waals surface area contributed by atoms with E-state index in [1.807, 2.05) is 85.5 Å². The van der Waals surface area contributed by atoms with E-state index in [1.165, 1.54) is 0 Å². The number of hydrogen-bond donors (Lipinski definition) is 1. The van der Waals surface area contributed by atoms with Gasteiger partial charge in [0.15, 0.2) is 11.5 Å². The number of urea groups is 1. The first kappa shape index (κ1) is 24.2. The number of aryl methyl sites for hydroxylation is 2. The van der Waals surface area contributed by atoms with Crippen molar-refractivity contribution >= 4 is 11.7 Å². The molecule has 174 valence electrons. The normalized spacial score (nSPS) is 10.7. The zero-order chi connectivity index (χ0) is 23.8. The first-order chi connectivity index (χ1) is 15.9. The third-order valence-corrected chi connectivity index (χ3v) is 5.42. The Hall–Kier alpha value is -3.47. The Morgan fingerprint density at radius 3 is 2.24 bits per heavy atom. The Kier molecular flexibility index (Phi) is 8.36. The summed E-state index contributed by atoms with van der Waals surface area (Å²) in [6.45, 7) is 9.83. The third-order valence-electron chi connectivity index (χ3n) is 5.42. The smallest absolute Gasteiger partial charge is 0.322 e. The van der Waals surface area contributed by atoms with Crippen LogP contribution in [0.5, 0.6) is 11.5 Å². The van der Waals surface area contributed by atoms with Gasteiger partial charge in [0.05, 0.1) is 7.11 Å². The molecule has 2 amide bonds. The van der Waals surface area contributed by atoms with Gasteiger partial charge in [0, 0.05) is 18.8 Å². The van der Waals surface area contributed by atoms with Crippen LogP contribution in [0.2, 0.25) is 0 Å². The van der Waals surface area contributed by atoms with Gasteiger partial charge in [0.2, 0.25) is 0 Å². The minimum absolute atomic E-state index is 0.107. The number of carbonyl (C=O) groups excluding carboxylic acids is 1. The van der Waals surface area contributed by atoms with Crippen LogP contribution < -0.4 is 14.8 Å². The molecule has 0 aliphatic heterocycles. The van der Waals surface area contributed by atoms with Crippen molar-refractivity contribution in [1.82, 2.24) is 4.90 Å². The minimum atomic E-state index is -0.107. The standard InChI is InChI=1S/C28H34N2O3/c1-20(2)17-30(28(31)29-27-21(3)10-9-11-22(27)4)18-24-14-15-25(26(16-24)32-5)33-19-23-12-7-6-8-13-23/h6-16,20H,17-19H2,1-5H3,(H,29,31). The van der Waals surface area contributed by atoms with Gasteiger partial charge in [-0.3, -0.25) is 0 Å². The molecule has 5 heteroatoms. The van der Waals surface area contributed by atoms with Gasteiger partial charge in [-0.05, 0) is 54.2 Å². The molecule has 0 atom stereocenters. The van der Waals surface area contributed by atoms with Gasteiger partial charge in [-0.2, -0.15) is 0 Å². The number of carbonyl (C=O) groups is 1. The number of nitrogens with zero attached hydrogens (tertiary/aromatic N) is 1. The van der Waals surface area contributed by atoms with Crippen LogP contribution in [-0.4, -0.2) is 24.6 Å². The second-order valence-corrected chi connectivity index (χ2v) is 8.73. The molecule has 3 rings (SSSR count). The summed E-state index contributed by atoms with van der Waals surface area (Å²) in [6, 6.07) is 21.8. The molecule has 0 fully saturated rings. The molecule has 0 aliphatic carbocycles. The lowest BCUT2D eigenvalue weighted by Gasteiger charge is -2.26. The van der Waals surface area contributed by atoms with Crippen LogP contribution in [0.3, 0.4) is 0 Å². The number of ether oxygens (including phenoxy) is 2. The van der Waals surface area contributed by atoms with E-state index >= 15 is 0 Å². The van der Waals surface area contributed by atoms with E-state index in [1.54, 1.807) is 7.11 Å². The zero-order valence-corrected chi connectivity index (χ0v) is 20.2. The average Bonchev–Trinajstić information content (AvgIpc) is 2.80. The second-order valence-electron chi connectivity index (χ2n) is 8.73. The number of anilines is 1. The van der Waals surface area contributed by atoms with Crippen LogP contribution in [0.15, 0.2) is 66.7 Å². The number of nitrogens with one attached hydrogen (secondary N) is 1. The largest absolute Gasteiger partial charge is 0.493 e. The highest BCUT2D eigenvalue weighted by Gasteiger charge is 2.18. The van der Waals surface area contributed by atoms with Crippen molar-refractivity contribution in [3.63, 3.8) is 0 Å². The van der Waals surface area contributed by atoms with Crippen LogP contribution in [0.1, 0.15) is 36.1 Å². The molecule has 33 heavy (non-hydrogen) atoms. The molecule has 0 saturated carbocycles. The van der Waals surface area contributed by atoms with E-state index in [4.69, 9.17) is 9.47 Å². The molecule has 0 heterocycles. The molecule has 0 spiro atoms. The number of para-hydroxylation sites is 1. The van der Waals surface area contributed by atoms with Gasteiger partial charge in [-0.1, -0.05) is 68.4 Å². The molecule has 0 unspecified atom stereocenters. The van der Waals surface area contributed by atoms with E-state index in [2.05, 4.69) is 19.2 Å². The maximum Gasteiger partial charge on any atom is 0.322 e. The zero-order valence-electron chi connectivity index (χ0n) is 20.2. The lowest BCUT2D eigenvalue weighted by molar-refractivity contribution is 0.201. The van der Waals surface area contributed by atoms with Crippen molar-refractivity contribution in [2.75, 3.05) is 19.0 Å². The fourth-order valence-corrected chi connectivity index (χ4v) is 3.74. The number of methoxy groups -OCH3 is 1. The van der Waals surface area contributed by atoms with Crippen LogP contribution in [-0.2, 0) is 13.2 Å². The molecule has 0 saturated heterocycles. The minimum Gasteiger partial charge on any atom is -0.493 e. The predicted molar refractivity (Wildman–Crippen MR) is 134 cm³/mol. The number of benzene rings is 3. The van der Waals surface area contributed by atoms with E-state index in [0.29, 0.717) is 37.1 Å². The molecular weight excluding hydrogens is 412 g/mol. The maximum atomic E-state index is 13.2. The summed E-state index contributed by atoms with van der Waals surface area (Å²) in [5.74, 6) is 1.67. The maximum absolute atomic E-state index is 13.2. The van der Waals surface area contributed by atoms with Crippen LogP contribution >= 0.6 is 0 Å². The molecule has 0 aliphatic rings. The predicted octanol–water partition coefficient (Wildman–Crippen LogP) is 6.58. The molecule has 0 aromatic heterocycles. The third kappa shape index (κ3) is 6.75. The van der Waals surface area contributed by atoms with E-state index in [-0.39, 0.29) is 6.03 Å². The second kappa shape index (κ2) is 11.4. The summed E-state index contributed by atoms with van der Waals surface area (Å²) in [6.07, 6.45) is 0. The summed E-state index contributed by atoms with van der Waals surface area (Å²) in [5.41, 5.74) is 5.05. The summed E-state index contributed by atoms with van der Waals surface area (Å²) in [5, 5.41) is 3.11. The topological polar surface area (TPSA) is 50.8 Å². The number of amides is 2. The van der Waals surface area contributed by atoms with Crippen molar-refractivity contribution < 1.29 is 14.3 Å². The Morgan fingerprint density at radius 2 is 1.61 bits per heavy atom. The first-order valence-corrected chi connectivity index (χ1v) is 11.3. The molecular formula is C28H34N2O3. The van der Waals surface area contributed by atoms with Crippen molar-refractivity contribution in [3.05, 3.63) is 89.0 Å². The van der Waals surface area contributed by atoms with Crippen LogP contribution in [0.25, 0.3) is 0 Å². The van der Waals surface area contributed by atoms with Gasteiger partial charge < -0.3 is 19.7 Å². The summed E-state index contributed by atoms with van der Waals surface area (Å²) in [4.78, 5) is 15.0. The highest BCUT2D eigenvalue weighted by molar-refractivity contribution is 5.91. The van der Waals surface area contributed by atoms with Gasteiger partial charge in [0.25, 0.3) is 0 Å². The lowest BCUT2D eigenvalue weighted by Crippen LogP contribution is -2.37. The van der Waals surface area contributed by atoms with Crippen molar-refractivity contribution in [2.45, 2.75) is 40.8 Å². The van der Waals surface area contributed by atoms with Crippen molar-refractivity contribution in [2.24, 2.45) is 5.92 Å². The molecule has 3 aromatic rings. The Labute approximate surface area is 197 Å². The summed E-state index contributed by atoms with van der Waals surface area (Å²) in [7, 11) is 1.63. The summed E-state index contributed by atoms with van der Waals surface area (Å²) >= 11 is 0. The average molecular weight is 447 g/mol. The van der Waals surface area contributed by atoms with Crippen LogP contribution in [0, 0.1) is 19.8 Å². The fraction of sp³-hybridized carbons (Fsp3) is 0.321. The lowest BCUT2D eigenvalue weighted by atomic mass is 10.1. The molecule has 1 N–H and O–H groups in total.